The van der Waals surface area contributed by atoms with Crippen molar-refractivity contribution in [2.75, 3.05) is 39.8 Å². The van der Waals surface area contributed by atoms with Crippen molar-refractivity contribution >= 4 is 27.3 Å². The van der Waals surface area contributed by atoms with Crippen molar-refractivity contribution in [3.8, 4) is 0 Å². The monoisotopic (exact) mass is 359 g/mol. The number of likely N-dealkylation sites (tertiary alicyclic amines) is 1. The van der Waals surface area contributed by atoms with Gasteiger partial charge < -0.3 is 14.5 Å². The Morgan fingerprint density at radius 1 is 1.48 bits per heavy atom. The number of thiophene rings is 1. The fourth-order valence-electron chi connectivity index (χ4n) is 3.09. The Morgan fingerprint density at radius 3 is 3.04 bits per heavy atom. The van der Waals surface area contributed by atoms with E-state index in [2.05, 4.69) is 9.62 Å². The van der Waals surface area contributed by atoms with E-state index in [1.54, 1.807) is 16.3 Å². The van der Waals surface area contributed by atoms with E-state index in [0.29, 0.717) is 13.2 Å². The van der Waals surface area contributed by atoms with Crippen LogP contribution in [0.25, 0.3) is 0 Å². The summed E-state index contributed by atoms with van der Waals surface area (Å²) in [6.45, 7) is 2.51. The number of amides is 1. The molecule has 2 fully saturated rings. The number of nitrogens with zero attached hydrogens (tertiary/aromatic N) is 2. The summed E-state index contributed by atoms with van der Waals surface area (Å²) in [6.07, 6.45) is 0.948. The fourth-order valence-corrected chi connectivity index (χ4v) is 5.10. The molecule has 2 aliphatic heterocycles. The van der Waals surface area contributed by atoms with Gasteiger partial charge in [0, 0.05) is 19.6 Å². The smallest absolute Gasteiger partial charge is 0.250 e. The number of ether oxygens (including phenoxy) is 1. The average Bonchev–Trinajstić information content (AvgIpc) is 3.07. The topological polar surface area (TPSA) is 79.0 Å². The van der Waals surface area contributed by atoms with Gasteiger partial charge in [0.1, 0.15) is 4.21 Å². The van der Waals surface area contributed by atoms with Crippen LogP contribution in [-0.2, 0) is 19.6 Å². The minimum Gasteiger partial charge on any atom is -0.374 e. The number of rotatable bonds is 4. The second-order valence-electron chi connectivity index (χ2n) is 5.87. The van der Waals surface area contributed by atoms with Gasteiger partial charge in [0.15, 0.2) is 0 Å². The Morgan fingerprint density at radius 2 is 2.30 bits per heavy atom. The molecule has 1 aromatic heterocycles. The van der Waals surface area contributed by atoms with Gasteiger partial charge in [0.05, 0.1) is 25.3 Å². The minimum atomic E-state index is -3.61. The van der Waals surface area contributed by atoms with E-state index in [1.165, 1.54) is 6.07 Å². The first-order valence-corrected chi connectivity index (χ1v) is 9.96. The summed E-state index contributed by atoms with van der Waals surface area (Å²) in [5, 5.41) is 1.70. The van der Waals surface area contributed by atoms with Gasteiger partial charge in [-0.1, -0.05) is 6.07 Å². The SMILES string of the molecule is CN1CCC2OCCN(C(=O)CNS(=O)(=O)c3cccs3)C2C1. The Labute approximate surface area is 140 Å². The highest BCUT2D eigenvalue weighted by molar-refractivity contribution is 7.91. The molecule has 0 aromatic carbocycles. The van der Waals surface area contributed by atoms with Crippen molar-refractivity contribution in [1.82, 2.24) is 14.5 Å². The highest BCUT2D eigenvalue weighted by Gasteiger charge is 2.38. The molecule has 7 nitrogen and oxygen atoms in total. The summed E-state index contributed by atoms with van der Waals surface area (Å²) in [6, 6.07) is 3.20. The molecule has 2 aliphatic rings. The van der Waals surface area contributed by atoms with Gasteiger partial charge in [0.2, 0.25) is 5.91 Å². The summed E-state index contributed by atoms with van der Waals surface area (Å²) in [7, 11) is -1.59. The summed E-state index contributed by atoms with van der Waals surface area (Å²) in [5.41, 5.74) is 0. The minimum absolute atomic E-state index is 0.00115. The number of hydrogen-bond donors (Lipinski definition) is 1. The van der Waals surface area contributed by atoms with Crippen LogP contribution in [0.4, 0.5) is 0 Å². The van der Waals surface area contributed by atoms with Crippen molar-refractivity contribution in [2.45, 2.75) is 22.8 Å². The van der Waals surface area contributed by atoms with E-state index in [-0.39, 0.29) is 28.8 Å². The van der Waals surface area contributed by atoms with E-state index >= 15 is 0 Å². The molecular formula is C14H21N3O4S2. The van der Waals surface area contributed by atoms with Crippen LogP contribution >= 0.6 is 11.3 Å². The maximum atomic E-state index is 12.5. The van der Waals surface area contributed by atoms with Gasteiger partial charge in [-0.05, 0) is 24.9 Å². The Balaban J connectivity index is 1.63. The molecule has 3 rings (SSSR count). The van der Waals surface area contributed by atoms with Gasteiger partial charge in [-0.3, -0.25) is 4.79 Å². The number of hydrogen-bond acceptors (Lipinski definition) is 6. The van der Waals surface area contributed by atoms with Crippen LogP contribution in [0.3, 0.4) is 0 Å². The van der Waals surface area contributed by atoms with Crippen LogP contribution < -0.4 is 4.72 Å². The fraction of sp³-hybridized carbons (Fsp3) is 0.643. The Hall–Kier alpha value is -1.00. The first kappa shape index (κ1) is 16.8. The zero-order valence-electron chi connectivity index (χ0n) is 13.0. The van der Waals surface area contributed by atoms with E-state index in [9.17, 15) is 13.2 Å². The van der Waals surface area contributed by atoms with Gasteiger partial charge in [-0.25, -0.2) is 13.1 Å². The molecule has 0 radical (unpaired) electrons. The number of morpholine rings is 1. The van der Waals surface area contributed by atoms with E-state index in [1.807, 2.05) is 7.05 Å². The maximum absolute atomic E-state index is 12.5. The third kappa shape index (κ3) is 3.74. The van der Waals surface area contributed by atoms with Gasteiger partial charge in [-0.2, -0.15) is 0 Å². The largest absolute Gasteiger partial charge is 0.374 e. The lowest BCUT2D eigenvalue weighted by atomic mass is 9.99. The van der Waals surface area contributed by atoms with E-state index < -0.39 is 10.0 Å². The Bertz CT molecular complexity index is 647. The predicted molar refractivity (Wildman–Crippen MR) is 86.9 cm³/mol. The molecule has 2 unspecified atom stereocenters. The lowest BCUT2D eigenvalue weighted by Crippen LogP contribution is -2.61. The molecule has 0 spiro atoms. The lowest BCUT2D eigenvalue weighted by molar-refractivity contribution is -0.150. The summed E-state index contributed by atoms with van der Waals surface area (Å²) in [5.74, 6) is -0.196. The second-order valence-corrected chi connectivity index (χ2v) is 8.81. The van der Waals surface area contributed by atoms with E-state index in [0.717, 1.165) is 30.8 Å². The molecule has 1 N–H and O–H groups in total. The molecule has 0 saturated carbocycles. The highest BCUT2D eigenvalue weighted by Crippen LogP contribution is 2.22. The van der Waals surface area contributed by atoms with Crippen molar-refractivity contribution < 1.29 is 17.9 Å². The summed E-state index contributed by atoms with van der Waals surface area (Å²) >= 11 is 1.13. The molecule has 3 heterocycles. The molecule has 2 atom stereocenters. The number of piperidine rings is 1. The number of likely N-dealkylation sites (N-methyl/N-ethyl adjacent to an activating group) is 1. The van der Waals surface area contributed by atoms with Crippen molar-refractivity contribution in [2.24, 2.45) is 0 Å². The third-order valence-electron chi connectivity index (χ3n) is 4.28. The molecule has 2 saturated heterocycles. The standard InChI is InChI=1S/C14H21N3O4S2/c1-16-5-4-12-11(10-16)17(6-7-21-12)13(18)9-15-23(19,20)14-3-2-8-22-14/h2-3,8,11-12,15H,4-7,9-10H2,1H3. The molecule has 0 bridgehead atoms. The van der Waals surface area contributed by atoms with Crippen LogP contribution in [0, 0.1) is 0 Å². The number of carbonyl (C=O) groups excluding carboxylic acids is 1. The van der Waals surface area contributed by atoms with Crippen molar-refractivity contribution in [3.63, 3.8) is 0 Å². The highest BCUT2D eigenvalue weighted by atomic mass is 32.2. The molecule has 23 heavy (non-hydrogen) atoms. The third-order valence-corrected chi connectivity index (χ3v) is 7.08. The normalized spacial score (nSPS) is 26.0. The van der Waals surface area contributed by atoms with Crippen LogP contribution in [-0.4, -0.2) is 76.1 Å². The van der Waals surface area contributed by atoms with Crippen LogP contribution in [0.2, 0.25) is 0 Å². The van der Waals surface area contributed by atoms with Crippen LogP contribution in [0.5, 0.6) is 0 Å². The van der Waals surface area contributed by atoms with Gasteiger partial charge in [0.25, 0.3) is 10.0 Å². The predicted octanol–water partition coefficient (Wildman–Crippen LogP) is -0.0421. The quantitative estimate of drug-likeness (QED) is 0.816. The molecule has 9 heteroatoms. The maximum Gasteiger partial charge on any atom is 0.250 e. The zero-order valence-corrected chi connectivity index (χ0v) is 14.6. The molecule has 1 aromatic rings. The molecule has 128 valence electrons. The number of sulfonamides is 1. The first-order chi connectivity index (χ1) is 11.0. The summed E-state index contributed by atoms with van der Waals surface area (Å²) in [4.78, 5) is 16.4. The lowest BCUT2D eigenvalue weighted by Gasteiger charge is -2.46. The van der Waals surface area contributed by atoms with E-state index in [4.69, 9.17) is 4.74 Å². The zero-order chi connectivity index (χ0) is 16.4. The molecule has 1 amide bonds. The van der Waals surface area contributed by atoms with Gasteiger partial charge in [-0.15, -0.1) is 11.3 Å². The molecule has 0 aliphatic carbocycles. The Kier molecular flexibility index (Phi) is 5.02. The first-order valence-electron chi connectivity index (χ1n) is 7.60. The number of carbonyl (C=O) groups is 1. The number of nitrogens with one attached hydrogen (secondary N) is 1. The number of fused-ring (bicyclic) bond motifs is 1. The van der Waals surface area contributed by atoms with Crippen molar-refractivity contribution in [1.29, 1.82) is 0 Å². The van der Waals surface area contributed by atoms with Crippen LogP contribution in [0.1, 0.15) is 6.42 Å². The van der Waals surface area contributed by atoms with Crippen molar-refractivity contribution in [3.05, 3.63) is 17.5 Å². The van der Waals surface area contributed by atoms with Gasteiger partial charge >= 0.3 is 0 Å². The molecular weight excluding hydrogens is 338 g/mol. The summed E-state index contributed by atoms with van der Waals surface area (Å²) < 4.78 is 32.6. The van der Waals surface area contributed by atoms with Crippen LogP contribution in [0.15, 0.2) is 21.7 Å². The second kappa shape index (κ2) is 6.86. The average molecular weight is 359 g/mol.